The van der Waals surface area contributed by atoms with Gasteiger partial charge in [-0.1, -0.05) is 37.9 Å². The third-order valence-electron chi connectivity index (χ3n) is 3.19. The van der Waals surface area contributed by atoms with Gasteiger partial charge in [-0.3, -0.25) is 0 Å². The number of unbranched alkanes of at least 4 members (excludes halogenated alkanes) is 3. The van der Waals surface area contributed by atoms with E-state index in [-0.39, 0.29) is 6.61 Å². The van der Waals surface area contributed by atoms with Crippen LogP contribution >= 0.6 is 11.6 Å². The van der Waals surface area contributed by atoms with E-state index in [9.17, 15) is 0 Å². The van der Waals surface area contributed by atoms with Crippen LogP contribution in [0.15, 0.2) is 18.2 Å². The molecule has 1 aromatic rings. The highest BCUT2D eigenvalue weighted by atomic mass is 35.5. The van der Waals surface area contributed by atoms with E-state index >= 15 is 0 Å². The first-order chi connectivity index (χ1) is 10.1. The molecule has 0 aromatic heterocycles. The van der Waals surface area contributed by atoms with E-state index in [0.717, 1.165) is 44.5 Å². The molecule has 0 bridgehead atoms. The minimum atomic E-state index is 0.277. The molecule has 0 saturated carbocycles. The largest absolute Gasteiger partial charge is 0.492 e. The highest BCUT2D eigenvalue weighted by Gasteiger charge is 2.03. The number of hydrogen-bond donors (Lipinski definition) is 2. The lowest BCUT2D eigenvalue weighted by Crippen LogP contribution is -2.18. The van der Waals surface area contributed by atoms with Crippen LogP contribution in [0.2, 0.25) is 5.02 Å². The van der Waals surface area contributed by atoms with Gasteiger partial charge in [0.15, 0.2) is 0 Å². The molecule has 21 heavy (non-hydrogen) atoms. The standard InChI is InChI=1S/C17H28ClNO2/c1-14(2)12-19-13-15-7-8-17(16(18)11-15)21-10-6-4-3-5-9-20/h7-8,11,14,19-20H,3-6,9-10,12-13H2,1-2H3. The summed E-state index contributed by atoms with van der Waals surface area (Å²) in [4.78, 5) is 0. The van der Waals surface area contributed by atoms with E-state index in [2.05, 4.69) is 25.2 Å². The van der Waals surface area contributed by atoms with Crippen molar-refractivity contribution >= 4 is 11.6 Å². The van der Waals surface area contributed by atoms with Crippen molar-refractivity contribution in [3.8, 4) is 5.75 Å². The first-order valence-electron chi connectivity index (χ1n) is 7.86. The molecule has 0 aliphatic rings. The summed E-state index contributed by atoms with van der Waals surface area (Å²) in [6.45, 7) is 7.17. The van der Waals surface area contributed by atoms with Crippen molar-refractivity contribution in [1.29, 1.82) is 0 Å². The number of benzene rings is 1. The minimum Gasteiger partial charge on any atom is -0.492 e. The Hall–Kier alpha value is -0.770. The maximum atomic E-state index is 8.70. The monoisotopic (exact) mass is 313 g/mol. The summed E-state index contributed by atoms with van der Waals surface area (Å²) in [6, 6.07) is 5.97. The predicted molar refractivity (Wildman–Crippen MR) is 89.0 cm³/mol. The summed E-state index contributed by atoms with van der Waals surface area (Å²) in [5.74, 6) is 1.40. The number of ether oxygens (including phenoxy) is 1. The molecule has 0 atom stereocenters. The van der Waals surface area contributed by atoms with Gasteiger partial charge in [0.25, 0.3) is 0 Å². The Balaban J connectivity index is 2.29. The molecule has 0 spiro atoms. The van der Waals surface area contributed by atoms with E-state index in [4.69, 9.17) is 21.4 Å². The van der Waals surface area contributed by atoms with Crippen LogP contribution in [0, 0.1) is 5.92 Å². The van der Waals surface area contributed by atoms with Gasteiger partial charge in [0.2, 0.25) is 0 Å². The number of halogens is 1. The summed E-state index contributed by atoms with van der Waals surface area (Å²) in [6.07, 6.45) is 4.00. The molecular formula is C17H28ClNO2. The molecule has 0 aliphatic heterocycles. The van der Waals surface area contributed by atoms with Crippen LogP contribution in [0.4, 0.5) is 0 Å². The summed E-state index contributed by atoms with van der Waals surface area (Å²) >= 11 is 6.25. The molecule has 0 unspecified atom stereocenters. The quantitative estimate of drug-likeness (QED) is 0.606. The van der Waals surface area contributed by atoms with Crippen molar-refractivity contribution in [2.75, 3.05) is 19.8 Å². The topological polar surface area (TPSA) is 41.5 Å². The fraction of sp³-hybridized carbons (Fsp3) is 0.647. The Bertz CT molecular complexity index is 396. The molecule has 0 amide bonds. The van der Waals surface area contributed by atoms with Gasteiger partial charge in [0.1, 0.15) is 5.75 Å². The lowest BCUT2D eigenvalue weighted by atomic mass is 10.2. The lowest BCUT2D eigenvalue weighted by Gasteiger charge is -2.11. The van der Waals surface area contributed by atoms with Gasteiger partial charge in [-0.25, -0.2) is 0 Å². The normalized spacial score (nSPS) is 11.1. The third-order valence-corrected chi connectivity index (χ3v) is 3.48. The second-order valence-electron chi connectivity index (χ2n) is 5.78. The molecule has 1 rings (SSSR count). The number of rotatable bonds is 11. The zero-order valence-electron chi connectivity index (χ0n) is 13.2. The van der Waals surface area contributed by atoms with Crippen molar-refractivity contribution in [3.05, 3.63) is 28.8 Å². The van der Waals surface area contributed by atoms with Gasteiger partial charge in [-0.15, -0.1) is 0 Å². The van der Waals surface area contributed by atoms with Crippen molar-refractivity contribution < 1.29 is 9.84 Å². The van der Waals surface area contributed by atoms with E-state index in [1.165, 1.54) is 5.56 Å². The molecule has 0 aliphatic carbocycles. The first kappa shape index (κ1) is 18.3. The van der Waals surface area contributed by atoms with Gasteiger partial charge in [-0.05, 0) is 49.4 Å². The smallest absolute Gasteiger partial charge is 0.137 e. The molecule has 120 valence electrons. The van der Waals surface area contributed by atoms with E-state index in [0.29, 0.717) is 17.5 Å². The van der Waals surface area contributed by atoms with Crippen molar-refractivity contribution in [2.24, 2.45) is 5.92 Å². The second-order valence-corrected chi connectivity index (χ2v) is 6.18. The number of hydrogen-bond acceptors (Lipinski definition) is 3. The van der Waals surface area contributed by atoms with Crippen LogP contribution in [0.25, 0.3) is 0 Å². The van der Waals surface area contributed by atoms with E-state index < -0.39 is 0 Å². The van der Waals surface area contributed by atoms with Crippen molar-refractivity contribution in [3.63, 3.8) is 0 Å². The predicted octanol–water partition coefficient (Wildman–Crippen LogP) is 4.02. The molecule has 0 fully saturated rings. The molecule has 1 aromatic carbocycles. The summed E-state index contributed by atoms with van der Waals surface area (Å²) in [5.41, 5.74) is 1.18. The molecule has 3 nitrogen and oxygen atoms in total. The number of aliphatic hydroxyl groups excluding tert-OH is 1. The van der Waals surface area contributed by atoms with Crippen LogP contribution < -0.4 is 10.1 Å². The Kier molecular flexibility index (Phi) is 9.48. The zero-order chi connectivity index (χ0) is 15.5. The fourth-order valence-corrected chi connectivity index (χ4v) is 2.28. The second kappa shape index (κ2) is 10.9. The minimum absolute atomic E-state index is 0.277. The van der Waals surface area contributed by atoms with Gasteiger partial charge in [0, 0.05) is 13.2 Å². The van der Waals surface area contributed by atoms with Crippen LogP contribution in [0.1, 0.15) is 45.1 Å². The fourth-order valence-electron chi connectivity index (χ4n) is 2.03. The Morgan fingerprint density at radius 2 is 1.95 bits per heavy atom. The van der Waals surface area contributed by atoms with Gasteiger partial charge < -0.3 is 15.2 Å². The summed E-state index contributed by atoms with van der Waals surface area (Å²) in [5, 5.41) is 12.8. The van der Waals surface area contributed by atoms with E-state index in [1.54, 1.807) is 0 Å². The highest BCUT2D eigenvalue weighted by molar-refractivity contribution is 6.32. The van der Waals surface area contributed by atoms with Crippen LogP contribution in [-0.4, -0.2) is 24.9 Å². The van der Waals surface area contributed by atoms with Crippen LogP contribution in [0.5, 0.6) is 5.75 Å². The van der Waals surface area contributed by atoms with Crippen LogP contribution in [-0.2, 0) is 6.54 Å². The maximum absolute atomic E-state index is 8.70. The van der Waals surface area contributed by atoms with Crippen molar-refractivity contribution in [2.45, 2.75) is 46.1 Å². The van der Waals surface area contributed by atoms with Gasteiger partial charge >= 0.3 is 0 Å². The molecule has 4 heteroatoms. The molecule has 2 N–H and O–H groups in total. The van der Waals surface area contributed by atoms with Gasteiger partial charge in [-0.2, -0.15) is 0 Å². The molecule has 0 heterocycles. The van der Waals surface area contributed by atoms with E-state index in [1.807, 2.05) is 12.1 Å². The van der Waals surface area contributed by atoms with Crippen LogP contribution in [0.3, 0.4) is 0 Å². The molecular weight excluding hydrogens is 286 g/mol. The first-order valence-corrected chi connectivity index (χ1v) is 8.24. The number of nitrogens with one attached hydrogen (secondary N) is 1. The van der Waals surface area contributed by atoms with Gasteiger partial charge in [0.05, 0.1) is 11.6 Å². The SMILES string of the molecule is CC(C)CNCc1ccc(OCCCCCCO)c(Cl)c1. The van der Waals surface area contributed by atoms with Crippen molar-refractivity contribution in [1.82, 2.24) is 5.32 Å². The summed E-state index contributed by atoms with van der Waals surface area (Å²) in [7, 11) is 0. The average Bonchev–Trinajstić information content (AvgIpc) is 2.44. The third kappa shape index (κ3) is 8.30. The summed E-state index contributed by atoms with van der Waals surface area (Å²) < 4.78 is 5.70. The highest BCUT2D eigenvalue weighted by Crippen LogP contribution is 2.25. The number of aliphatic hydroxyl groups is 1. The molecule has 0 radical (unpaired) electrons. The lowest BCUT2D eigenvalue weighted by molar-refractivity contribution is 0.273. The maximum Gasteiger partial charge on any atom is 0.137 e. The zero-order valence-corrected chi connectivity index (χ0v) is 14.0. The Morgan fingerprint density at radius 3 is 2.62 bits per heavy atom. The average molecular weight is 314 g/mol. The Morgan fingerprint density at radius 1 is 1.19 bits per heavy atom. The Labute approximate surface area is 133 Å². The molecule has 0 saturated heterocycles.